The van der Waals surface area contributed by atoms with Crippen LogP contribution in [0.15, 0.2) is 71.6 Å². The Bertz CT molecular complexity index is 1140. The molecule has 0 atom stereocenters. The Kier molecular flexibility index (Phi) is 5.62. The van der Waals surface area contributed by atoms with E-state index in [9.17, 15) is 22.0 Å². The molecule has 144 valence electrons. The molecule has 3 aromatic rings. The van der Waals surface area contributed by atoms with E-state index < -0.39 is 27.6 Å². The summed E-state index contributed by atoms with van der Waals surface area (Å²) in [4.78, 5) is 11.7. The third-order valence-corrected chi connectivity index (χ3v) is 5.42. The molecule has 2 N–H and O–H groups in total. The highest BCUT2D eigenvalue weighted by atomic mass is 35.5. The highest BCUT2D eigenvalue weighted by Crippen LogP contribution is 2.26. The monoisotopic (exact) mass is 422 g/mol. The van der Waals surface area contributed by atoms with Crippen LogP contribution in [0, 0.1) is 11.6 Å². The Morgan fingerprint density at radius 2 is 1.57 bits per heavy atom. The van der Waals surface area contributed by atoms with Gasteiger partial charge in [0.05, 0.1) is 21.3 Å². The van der Waals surface area contributed by atoms with Crippen LogP contribution in [0.3, 0.4) is 0 Å². The molecular weight excluding hydrogens is 410 g/mol. The maximum Gasteiger partial charge on any atom is 0.262 e. The maximum absolute atomic E-state index is 14.3. The number of carbonyl (C=O) groups excluding carboxylic acids is 1. The molecule has 0 unspecified atom stereocenters. The summed E-state index contributed by atoms with van der Waals surface area (Å²) >= 11 is 5.93. The fraction of sp³-hybridized carbons (Fsp3) is 0. The van der Waals surface area contributed by atoms with Gasteiger partial charge in [-0.1, -0.05) is 23.7 Å². The first kappa shape index (κ1) is 19.8. The quantitative estimate of drug-likeness (QED) is 0.627. The third kappa shape index (κ3) is 4.47. The molecular formula is C19H13ClF2N2O3S. The molecule has 28 heavy (non-hydrogen) atoms. The number of rotatable bonds is 5. The van der Waals surface area contributed by atoms with Crippen molar-refractivity contribution in [3.05, 3.63) is 89.0 Å². The minimum atomic E-state index is -4.09. The lowest BCUT2D eigenvalue weighted by Gasteiger charge is -2.11. The van der Waals surface area contributed by atoms with Gasteiger partial charge in [0, 0.05) is 5.56 Å². The Morgan fingerprint density at radius 1 is 0.893 bits per heavy atom. The van der Waals surface area contributed by atoms with E-state index in [1.807, 2.05) is 0 Å². The van der Waals surface area contributed by atoms with Gasteiger partial charge >= 0.3 is 0 Å². The summed E-state index contributed by atoms with van der Waals surface area (Å²) in [7, 11) is -4.09. The fourth-order valence-corrected chi connectivity index (χ4v) is 3.64. The second-order valence-electron chi connectivity index (χ2n) is 5.69. The Hall–Kier alpha value is -2.97. The van der Waals surface area contributed by atoms with Crippen molar-refractivity contribution in [2.24, 2.45) is 0 Å². The summed E-state index contributed by atoms with van der Waals surface area (Å²) in [6.07, 6.45) is 0. The van der Waals surface area contributed by atoms with Gasteiger partial charge in [0.25, 0.3) is 15.9 Å². The minimum Gasteiger partial charge on any atom is -0.319 e. The molecule has 0 heterocycles. The Morgan fingerprint density at radius 3 is 2.21 bits per heavy atom. The number of carbonyl (C=O) groups is 1. The van der Waals surface area contributed by atoms with Crippen molar-refractivity contribution in [1.82, 2.24) is 0 Å². The highest BCUT2D eigenvalue weighted by Gasteiger charge is 2.18. The topological polar surface area (TPSA) is 75.3 Å². The van der Waals surface area contributed by atoms with E-state index in [-0.39, 0.29) is 26.9 Å². The van der Waals surface area contributed by atoms with Gasteiger partial charge in [0.1, 0.15) is 11.6 Å². The van der Waals surface area contributed by atoms with E-state index in [4.69, 9.17) is 11.6 Å². The molecule has 3 rings (SSSR count). The number of halogens is 3. The Labute approximate surface area is 165 Å². The van der Waals surface area contributed by atoms with Crippen molar-refractivity contribution in [3.8, 4) is 0 Å². The van der Waals surface area contributed by atoms with Gasteiger partial charge in [0.2, 0.25) is 0 Å². The van der Waals surface area contributed by atoms with Crippen LogP contribution in [0.1, 0.15) is 10.4 Å². The average Bonchev–Trinajstić information content (AvgIpc) is 2.65. The first-order valence-electron chi connectivity index (χ1n) is 7.90. The maximum atomic E-state index is 14.3. The highest BCUT2D eigenvalue weighted by molar-refractivity contribution is 7.92. The van der Waals surface area contributed by atoms with Crippen LogP contribution in [-0.4, -0.2) is 14.3 Å². The number of hydrogen-bond donors (Lipinski definition) is 2. The van der Waals surface area contributed by atoms with E-state index in [1.165, 1.54) is 24.3 Å². The van der Waals surface area contributed by atoms with E-state index >= 15 is 0 Å². The molecule has 1 amide bonds. The third-order valence-electron chi connectivity index (χ3n) is 3.72. The number of anilines is 2. The number of amides is 1. The smallest absolute Gasteiger partial charge is 0.262 e. The van der Waals surface area contributed by atoms with Crippen LogP contribution in [0.4, 0.5) is 20.2 Å². The summed E-state index contributed by atoms with van der Waals surface area (Å²) < 4.78 is 54.4. The van der Waals surface area contributed by atoms with E-state index in [2.05, 4.69) is 10.0 Å². The molecule has 0 saturated heterocycles. The summed E-state index contributed by atoms with van der Waals surface area (Å²) in [5.41, 5.74) is 0.0576. The molecule has 0 bridgehead atoms. The van der Waals surface area contributed by atoms with E-state index in [1.54, 1.807) is 12.1 Å². The van der Waals surface area contributed by atoms with Gasteiger partial charge in [-0.15, -0.1) is 0 Å². The first-order chi connectivity index (χ1) is 13.3. The lowest BCUT2D eigenvalue weighted by molar-refractivity contribution is 0.102. The molecule has 0 aliphatic rings. The Balaban J connectivity index is 1.80. The zero-order valence-corrected chi connectivity index (χ0v) is 15.7. The average molecular weight is 423 g/mol. The van der Waals surface area contributed by atoms with Crippen LogP contribution in [0.5, 0.6) is 0 Å². The first-order valence-corrected chi connectivity index (χ1v) is 9.76. The number of nitrogens with one attached hydrogen (secondary N) is 2. The van der Waals surface area contributed by atoms with Crippen molar-refractivity contribution < 1.29 is 22.0 Å². The zero-order valence-electron chi connectivity index (χ0n) is 14.1. The van der Waals surface area contributed by atoms with Gasteiger partial charge < -0.3 is 5.32 Å². The predicted molar refractivity (Wildman–Crippen MR) is 103 cm³/mol. The molecule has 9 heteroatoms. The van der Waals surface area contributed by atoms with Crippen LogP contribution in [-0.2, 0) is 10.0 Å². The molecule has 0 aromatic heterocycles. The summed E-state index contributed by atoms with van der Waals surface area (Å²) in [6.45, 7) is 0. The molecule has 0 radical (unpaired) electrons. The summed E-state index contributed by atoms with van der Waals surface area (Å²) in [5, 5.41) is 2.50. The lowest BCUT2D eigenvalue weighted by atomic mass is 10.2. The number of benzene rings is 3. The summed E-state index contributed by atoms with van der Waals surface area (Å²) in [6, 6.07) is 13.9. The van der Waals surface area contributed by atoms with Gasteiger partial charge in [-0.05, 0) is 54.6 Å². The number of para-hydroxylation sites is 1. The molecule has 0 aliphatic heterocycles. The van der Waals surface area contributed by atoms with Crippen molar-refractivity contribution in [1.29, 1.82) is 0 Å². The second-order valence-corrected chi connectivity index (χ2v) is 7.78. The standard InChI is InChI=1S/C19H13ClF2N2O3S/c20-15-3-1-2-4-17(15)24-28(26,27)14-9-10-18(16(22)11-14)23-19(25)12-5-7-13(21)8-6-12/h1-11,24H,(H,23,25). The molecule has 0 aliphatic carbocycles. The molecule has 0 spiro atoms. The van der Waals surface area contributed by atoms with Crippen molar-refractivity contribution >= 4 is 38.9 Å². The largest absolute Gasteiger partial charge is 0.319 e. The SMILES string of the molecule is O=C(Nc1ccc(S(=O)(=O)Nc2ccccc2Cl)cc1F)c1ccc(F)cc1. The second kappa shape index (κ2) is 7.95. The molecule has 0 saturated carbocycles. The van der Waals surface area contributed by atoms with Gasteiger partial charge in [-0.2, -0.15) is 0 Å². The predicted octanol–water partition coefficient (Wildman–Crippen LogP) is 4.67. The normalized spacial score (nSPS) is 11.1. The van der Waals surface area contributed by atoms with Crippen molar-refractivity contribution in [2.45, 2.75) is 4.90 Å². The number of hydrogen-bond acceptors (Lipinski definition) is 3. The van der Waals surface area contributed by atoms with E-state index in [0.29, 0.717) is 0 Å². The van der Waals surface area contributed by atoms with Crippen LogP contribution in [0.2, 0.25) is 5.02 Å². The van der Waals surface area contributed by atoms with Crippen LogP contribution >= 0.6 is 11.6 Å². The van der Waals surface area contributed by atoms with Gasteiger partial charge in [0.15, 0.2) is 0 Å². The van der Waals surface area contributed by atoms with Crippen molar-refractivity contribution in [2.75, 3.05) is 10.0 Å². The summed E-state index contributed by atoms with van der Waals surface area (Å²) in [5.74, 6) is -2.12. The fourth-order valence-electron chi connectivity index (χ4n) is 2.31. The van der Waals surface area contributed by atoms with Crippen LogP contribution < -0.4 is 10.0 Å². The minimum absolute atomic E-state index is 0.123. The van der Waals surface area contributed by atoms with E-state index in [0.717, 1.165) is 30.3 Å². The molecule has 0 fully saturated rings. The zero-order chi connectivity index (χ0) is 20.3. The lowest BCUT2D eigenvalue weighted by Crippen LogP contribution is -2.15. The van der Waals surface area contributed by atoms with Crippen molar-refractivity contribution in [3.63, 3.8) is 0 Å². The molecule has 5 nitrogen and oxygen atoms in total. The molecule has 3 aromatic carbocycles. The van der Waals surface area contributed by atoms with Gasteiger partial charge in [-0.3, -0.25) is 9.52 Å². The van der Waals surface area contributed by atoms with Crippen LogP contribution in [0.25, 0.3) is 0 Å². The van der Waals surface area contributed by atoms with Gasteiger partial charge in [-0.25, -0.2) is 17.2 Å². The number of sulfonamides is 1.